The normalized spacial score (nSPS) is 16.9. The Balaban J connectivity index is 2.20. The molecule has 32 heavy (non-hydrogen) atoms. The molecule has 0 amide bonds. The molecule has 0 aromatic heterocycles. The van der Waals surface area contributed by atoms with Crippen molar-refractivity contribution in [3.05, 3.63) is 29.3 Å². The molecule has 10 heteroatoms. The van der Waals surface area contributed by atoms with E-state index in [2.05, 4.69) is 0 Å². The lowest BCUT2D eigenvalue weighted by atomic mass is 9.64. The standard InChI is InChI=1S/C22H29BF2O7/c1-6-22(24,25)17(26)11-15-10-14-8-7-9-16(18(14)32-23(15)29)20(28)31-21(13(4)5)30-19(27)12(2)3/h7-9,12-13,15,21,29H,6,10-11H2,1-5H3/t15-,21?/m1/s1. The van der Waals surface area contributed by atoms with Crippen molar-refractivity contribution < 1.29 is 42.3 Å². The number of para-hydroxylation sites is 1. The fraction of sp³-hybridized carbons (Fsp3) is 0.591. The van der Waals surface area contributed by atoms with Crippen LogP contribution in [0, 0.1) is 11.8 Å². The summed E-state index contributed by atoms with van der Waals surface area (Å²) < 4.78 is 43.4. The van der Waals surface area contributed by atoms with Crippen LogP contribution < -0.4 is 4.65 Å². The lowest BCUT2D eigenvalue weighted by molar-refractivity contribution is -0.179. The molecule has 1 unspecified atom stereocenters. The van der Waals surface area contributed by atoms with Gasteiger partial charge in [-0.3, -0.25) is 9.59 Å². The first-order valence-electron chi connectivity index (χ1n) is 10.7. The maximum absolute atomic E-state index is 13.7. The molecule has 1 heterocycles. The highest BCUT2D eigenvalue weighted by Crippen LogP contribution is 2.38. The smallest absolute Gasteiger partial charge is 0.526 e. The number of ketones is 1. The third kappa shape index (κ3) is 6.06. The first kappa shape index (κ1) is 25.8. The lowest BCUT2D eigenvalue weighted by Gasteiger charge is -2.29. The molecule has 0 bridgehead atoms. The summed E-state index contributed by atoms with van der Waals surface area (Å²) in [6, 6.07) is 4.60. The summed E-state index contributed by atoms with van der Waals surface area (Å²) in [4.78, 5) is 36.6. The largest absolute Gasteiger partial charge is 0.535 e. The van der Waals surface area contributed by atoms with Crippen molar-refractivity contribution >= 4 is 24.8 Å². The number of hydrogen-bond donors (Lipinski definition) is 1. The molecular weight excluding hydrogens is 425 g/mol. The molecule has 0 fully saturated rings. The van der Waals surface area contributed by atoms with E-state index in [9.17, 15) is 28.2 Å². The van der Waals surface area contributed by atoms with Gasteiger partial charge >= 0.3 is 25.0 Å². The van der Waals surface area contributed by atoms with E-state index in [4.69, 9.17) is 14.1 Å². The molecule has 0 saturated carbocycles. The zero-order valence-corrected chi connectivity index (χ0v) is 18.9. The average Bonchev–Trinajstić information content (AvgIpc) is 2.72. The van der Waals surface area contributed by atoms with E-state index < -0.39 is 61.6 Å². The van der Waals surface area contributed by atoms with Gasteiger partial charge in [0.2, 0.25) is 12.1 Å². The van der Waals surface area contributed by atoms with Crippen LogP contribution in [0.15, 0.2) is 18.2 Å². The Morgan fingerprint density at radius 1 is 1.22 bits per heavy atom. The van der Waals surface area contributed by atoms with Crippen LogP contribution in [0.25, 0.3) is 0 Å². The molecule has 1 N–H and O–H groups in total. The highest BCUT2D eigenvalue weighted by atomic mass is 19.3. The fourth-order valence-electron chi connectivity index (χ4n) is 3.12. The predicted molar refractivity (Wildman–Crippen MR) is 112 cm³/mol. The van der Waals surface area contributed by atoms with Gasteiger partial charge in [-0.25, -0.2) is 4.79 Å². The summed E-state index contributed by atoms with van der Waals surface area (Å²) in [6.07, 6.45) is -2.24. The Hall–Kier alpha value is -2.49. The summed E-state index contributed by atoms with van der Waals surface area (Å²) in [6.45, 7) is 7.96. The van der Waals surface area contributed by atoms with Gasteiger partial charge in [-0.2, -0.15) is 8.78 Å². The molecule has 2 rings (SSSR count). The summed E-state index contributed by atoms with van der Waals surface area (Å²) >= 11 is 0. The minimum absolute atomic E-state index is 0.00328. The molecule has 0 spiro atoms. The Labute approximate surface area is 186 Å². The van der Waals surface area contributed by atoms with Crippen LogP contribution in [-0.4, -0.2) is 42.1 Å². The second-order valence-corrected chi connectivity index (χ2v) is 8.56. The van der Waals surface area contributed by atoms with Crippen LogP contribution >= 0.6 is 0 Å². The van der Waals surface area contributed by atoms with E-state index in [-0.39, 0.29) is 23.7 Å². The quantitative estimate of drug-likeness (QED) is 0.344. The number of Topliss-reactive ketones (excluding diaryl/α,β-unsaturated/α-hetero) is 1. The molecule has 1 aliphatic rings. The van der Waals surface area contributed by atoms with Crippen LogP contribution in [0.5, 0.6) is 5.75 Å². The number of esters is 2. The van der Waals surface area contributed by atoms with Gasteiger partial charge in [0.15, 0.2) is 0 Å². The molecule has 0 radical (unpaired) electrons. The summed E-state index contributed by atoms with van der Waals surface area (Å²) in [5, 5.41) is 10.3. The zero-order chi connectivity index (χ0) is 24.2. The summed E-state index contributed by atoms with van der Waals surface area (Å²) in [7, 11) is -1.55. The van der Waals surface area contributed by atoms with Gasteiger partial charge < -0.3 is 19.2 Å². The number of carbonyl (C=O) groups excluding carboxylic acids is 3. The van der Waals surface area contributed by atoms with Crippen molar-refractivity contribution in [3.8, 4) is 5.75 Å². The third-order valence-electron chi connectivity index (χ3n) is 5.21. The maximum atomic E-state index is 13.7. The Bertz CT molecular complexity index is 857. The molecule has 0 aliphatic carbocycles. The van der Waals surface area contributed by atoms with Gasteiger partial charge in [0.1, 0.15) is 11.3 Å². The molecule has 1 aromatic carbocycles. The van der Waals surface area contributed by atoms with Gasteiger partial charge in [-0.1, -0.05) is 46.8 Å². The second-order valence-electron chi connectivity index (χ2n) is 8.56. The number of hydrogen-bond acceptors (Lipinski definition) is 7. The van der Waals surface area contributed by atoms with Gasteiger partial charge in [-0.05, 0) is 18.1 Å². The first-order chi connectivity index (χ1) is 14.9. The number of benzene rings is 1. The maximum Gasteiger partial charge on any atom is 0.526 e. The van der Waals surface area contributed by atoms with Crippen molar-refractivity contribution in [3.63, 3.8) is 0 Å². The lowest BCUT2D eigenvalue weighted by Crippen LogP contribution is -2.39. The van der Waals surface area contributed by atoms with Crippen molar-refractivity contribution in [1.29, 1.82) is 0 Å². The molecule has 7 nitrogen and oxygen atoms in total. The number of rotatable bonds is 9. The van der Waals surface area contributed by atoms with Crippen LogP contribution in [0.4, 0.5) is 8.78 Å². The van der Waals surface area contributed by atoms with E-state index in [0.717, 1.165) is 0 Å². The van der Waals surface area contributed by atoms with Crippen molar-refractivity contribution in [1.82, 2.24) is 0 Å². The number of fused-ring (bicyclic) bond motifs is 1. The molecule has 1 aromatic rings. The summed E-state index contributed by atoms with van der Waals surface area (Å²) in [5.41, 5.74) is 0.471. The zero-order valence-electron chi connectivity index (χ0n) is 18.9. The first-order valence-corrected chi connectivity index (χ1v) is 10.7. The van der Waals surface area contributed by atoms with Crippen molar-refractivity contribution in [2.45, 2.75) is 71.9 Å². The fourth-order valence-corrected chi connectivity index (χ4v) is 3.12. The van der Waals surface area contributed by atoms with E-state index in [0.29, 0.717) is 5.56 Å². The predicted octanol–water partition coefficient (Wildman–Crippen LogP) is 3.81. The molecule has 2 atom stereocenters. The number of alkyl halides is 2. The minimum atomic E-state index is -3.47. The Morgan fingerprint density at radius 2 is 1.88 bits per heavy atom. The molecule has 176 valence electrons. The highest BCUT2D eigenvalue weighted by molar-refractivity contribution is 6.47. The van der Waals surface area contributed by atoms with E-state index in [1.165, 1.54) is 13.0 Å². The van der Waals surface area contributed by atoms with Gasteiger partial charge in [0, 0.05) is 24.6 Å². The van der Waals surface area contributed by atoms with Crippen molar-refractivity contribution in [2.24, 2.45) is 11.8 Å². The second kappa shape index (κ2) is 10.4. The third-order valence-corrected chi connectivity index (χ3v) is 5.21. The molecule has 0 saturated heterocycles. The number of halogens is 2. The minimum Gasteiger partial charge on any atom is -0.535 e. The van der Waals surface area contributed by atoms with Crippen molar-refractivity contribution in [2.75, 3.05) is 0 Å². The van der Waals surface area contributed by atoms with Crippen LogP contribution in [0.3, 0.4) is 0 Å². The van der Waals surface area contributed by atoms with Crippen LogP contribution in [0.1, 0.15) is 63.4 Å². The van der Waals surface area contributed by atoms with E-state index in [1.807, 2.05) is 0 Å². The van der Waals surface area contributed by atoms with E-state index in [1.54, 1.807) is 39.8 Å². The molecular formula is C22H29BF2O7. The molecule has 1 aliphatic heterocycles. The Morgan fingerprint density at radius 3 is 2.44 bits per heavy atom. The number of carbonyl (C=O) groups is 3. The van der Waals surface area contributed by atoms with Gasteiger partial charge in [-0.15, -0.1) is 0 Å². The number of ether oxygens (including phenoxy) is 2. The summed E-state index contributed by atoms with van der Waals surface area (Å²) in [5.74, 6) is -7.63. The van der Waals surface area contributed by atoms with Crippen LogP contribution in [-0.2, 0) is 25.5 Å². The Kier molecular flexibility index (Phi) is 8.39. The topological polar surface area (TPSA) is 99.1 Å². The van der Waals surface area contributed by atoms with E-state index >= 15 is 0 Å². The van der Waals surface area contributed by atoms with Crippen LogP contribution in [0.2, 0.25) is 5.82 Å². The SMILES string of the molecule is CCC(F)(F)C(=O)C[C@H]1Cc2cccc(C(=O)OC(OC(=O)C(C)C)C(C)C)c2OB1O. The monoisotopic (exact) mass is 454 g/mol. The van der Waals surface area contributed by atoms with Gasteiger partial charge in [0.25, 0.3) is 0 Å². The average molecular weight is 454 g/mol. The van der Waals surface area contributed by atoms with Gasteiger partial charge in [0.05, 0.1) is 5.92 Å². The highest BCUT2D eigenvalue weighted by Gasteiger charge is 2.43.